The Morgan fingerprint density at radius 2 is 2.00 bits per heavy atom. The van der Waals surface area contributed by atoms with Gasteiger partial charge in [-0.05, 0) is 37.1 Å². The van der Waals surface area contributed by atoms with Crippen molar-refractivity contribution in [3.05, 3.63) is 74.8 Å². The zero-order valence-corrected chi connectivity index (χ0v) is 17.7. The van der Waals surface area contributed by atoms with Crippen molar-refractivity contribution in [2.45, 2.75) is 26.2 Å². The SMILES string of the molecule is Cc1ccc([C@@H]2CC(=O)NC(SCC(=O)Nc3cccc(Cl)c3C)=C2C#N)cc1. The van der Waals surface area contributed by atoms with Crippen LogP contribution in [-0.2, 0) is 9.59 Å². The van der Waals surface area contributed by atoms with Crippen LogP contribution in [0.1, 0.15) is 29.0 Å². The molecule has 1 aliphatic rings. The van der Waals surface area contributed by atoms with Crippen LogP contribution in [0.3, 0.4) is 0 Å². The first-order valence-corrected chi connectivity index (χ1v) is 10.4. The van der Waals surface area contributed by atoms with Gasteiger partial charge in [0.15, 0.2) is 0 Å². The fourth-order valence-corrected chi connectivity index (χ4v) is 4.13. The van der Waals surface area contributed by atoms with Crippen molar-refractivity contribution in [3.63, 3.8) is 0 Å². The van der Waals surface area contributed by atoms with Gasteiger partial charge in [-0.1, -0.05) is 59.3 Å². The van der Waals surface area contributed by atoms with E-state index in [9.17, 15) is 14.9 Å². The minimum Gasteiger partial charge on any atom is -0.325 e. The quantitative estimate of drug-likeness (QED) is 0.729. The summed E-state index contributed by atoms with van der Waals surface area (Å²) >= 11 is 7.24. The van der Waals surface area contributed by atoms with Crippen LogP contribution >= 0.6 is 23.4 Å². The van der Waals surface area contributed by atoms with Gasteiger partial charge in [-0.15, -0.1) is 0 Å². The van der Waals surface area contributed by atoms with Crippen molar-refractivity contribution < 1.29 is 9.59 Å². The number of thioether (sulfide) groups is 1. The lowest BCUT2D eigenvalue weighted by molar-refractivity contribution is -0.121. The third kappa shape index (κ3) is 5.00. The number of carbonyl (C=O) groups is 2. The second-order valence-corrected chi connectivity index (χ2v) is 8.21. The van der Waals surface area contributed by atoms with Crippen LogP contribution in [0.15, 0.2) is 53.1 Å². The monoisotopic (exact) mass is 425 g/mol. The van der Waals surface area contributed by atoms with E-state index < -0.39 is 0 Å². The minimum absolute atomic E-state index is 0.0629. The predicted octanol–water partition coefficient (Wildman–Crippen LogP) is 4.67. The van der Waals surface area contributed by atoms with Gasteiger partial charge in [-0.2, -0.15) is 5.26 Å². The largest absolute Gasteiger partial charge is 0.325 e. The molecule has 0 aromatic heterocycles. The van der Waals surface area contributed by atoms with Crippen molar-refractivity contribution in [1.82, 2.24) is 5.32 Å². The maximum Gasteiger partial charge on any atom is 0.234 e. The number of rotatable bonds is 5. The second-order valence-electron chi connectivity index (χ2n) is 6.82. The highest BCUT2D eigenvalue weighted by molar-refractivity contribution is 8.03. The molecule has 3 rings (SSSR count). The van der Waals surface area contributed by atoms with E-state index in [1.54, 1.807) is 18.2 Å². The standard InChI is InChI=1S/C22H20ClN3O2S/c1-13-6-8-15(9-7-13)16-10-20(27)26-22(17(16)11-24)29-12-21(28)25-19-5-3-4-18(23)14(19)2/h3-9,16H,10,12H2,1-2H3,(H,25,28)(H,26,27)/t16-/m0/s1. The van der Waals surface area contributed by atoms with Crippen LogP contribution in [0.2, 0.25) is 5.02 Å². The van der Waals surface area contributed by atoms with Crippen molar-refractivity contribution in [3.8, 4) is 6.07 Å². The van der Waals surface area contributed by atoms with Gasteiger partial charge < -0.3 is 10.6 Å². The summed E-state index contributed by atoms with van der Waals surface area (Å²) in [5, 5.41) is 16.3. The van der Waals surface area contributed by atoms with E-state index in [1.807, 2.05) is 38.1 Å². The lowest BCUT2D eigenvalue weighted by atomic mass is 9.87. The van der Waals surface area contributed by atoms with E-state index in [-0.39, 0.29) is 29.9 Å². The molecule has 1 heterocycles. The van der Waals surface area contributed by atoms with Gasteiger partial charge in [0.25, 0.3) is 0 Å². The van der Waals surface area contributed by atoms with E-state index >= 15 is 0 Å². The van der Waals surface area contributed by atoms with E-state index in [0.29, 0.717) is 21.3 Å². The van der Waals surface area contributed by atoms with E-state index in [4.69, 9.17) is 11.6 Å². The number of allylic oxidation sites excluding steroid dienone is 1. The Hall–Kier alpha value is -2.75. The third-order valence-electron chi connectivity index (χ3n) is 4.73. The van der Waals surface area contributed by atoms with Crippen molar-refractivity contribution >= 4 is 40.9 Å². The number of carbonyl (C=O) groups excluding carboxylic acids is 2. The summed E-state index contributed by atoms with van der Waals surface area (Å²) < 4.78 is 0. The maximum atomic E-state index is 12.4. The van der Waals surface area contributed by atoms with Gasteiger partial charge in [0.1, 0.15) is 0 Å². The van der Waals surface area contributed by atoms with Crippen molar-refractivity contribution in [2.75, 3.05) is 11.1 Å². The average Bonchev–Trinajstić information content (AvgIpc) is 2.70. The molecule has 2 amide bonds. The molecule has 1 atom stereocenters. The van der Waals surface area contributed by atoms with Gasteiger partial charge >= 0.3 is 0 Å². The number of nitriles is 1. The number of nitrogens with zero attached hydrogens (tertiary/aromatic N) is 1. The molecular formula is C22H20ClN3O2S. The Kier molecular flexibility index (Phi) is 6.63. The summed E-state index contributed by atoms with van der Waals surface area (Å²) in [6.07, 6.45) is 0.212. The molecular weight excluding hydrogens is 406 g/mol. The lowest BCUT2D eigenvalue weighted by Crippen LogP contribution is -2.31. The first kappa shape index (κ1) is 21.0. The summed E-state index contributed by atoms with van der Waals surface area (Å²) in [5.41, 5.74) is 3.93. The average molecular weight is 426 g/mol. The Balaban J connectivity index is 1.76. The predicted molar refractivity (Wildman–Crippen MR) is 117 cm³/mol. The topological polar surface area (TPSA) is 82.0 Å². The lowest BCUT2D eigenvalue weighted by Gasteiger charge is -2.25. The summed E-state index contributed by atoms with van der Waals surface area (Å²) in [4.78, 5) is 24.6. The number of hydrogen-bond acceptors (Lipinski definition) is 4. The molecule has 5 nitrogen and oxygen atoms in total. The number of halogens is 1. The molecule has 0 fully saturated rings. The second kappa shape index (κ2) is 9.17. The Labute approximate surface area is 179 Å². The maximum absolute atomic E-state index is 12.4. The highest BCUT2D eigenvalue weighted by Crippen LogP contribution is 2.36. The fourth-order valence-electron chi connectivity index (χ4n) is 3.08. The molecule has 0 radical (unpaired) electrons. The van der Waals surface area contributed by atoms with Crippen LogP contribution in [-0.4, -0.2) is 17.6 Å². The highest BCUT2D eigenvalue weighted by atomic mass is 35.5. The first-order chi connectivity index (χ1) is 13.9. The smallest absolute Gasteiger partial charge is 0.234 e. The van der Waals surface area contributed by atoms with E-state index in [1.165, 1.54) is 0 Å². The van der Waals surface area contributed by atoms with E-state index in [0.717, 1.165) is 28.5 Å². The van der Waals surface area contributed by atoms with Gasteiger partial charge in [0.2, 0.25) is 11.8 Å². The Morgan fingerprint density at radius 1 is 1.28 bits per heavy atom. The summed E-state index contributed by atoms with van der Waals surface area (Å²) in [6, 6.07) is 15.3. The van der Waals surface area contributed by atoms with Crippen LogP contribution in [0, 0.1) is 25.2 Å². The van der Waals surface area contributed by atoms with Gasteiger partial charge in [-0.25, -0.2) is 0 Å². The van der Waals surface area contributed by atoms with Gasteiger partial charge in [0, 0.05) is 23.0 Å². The zero-order chi connectivity index (χ0) is 21.0. The number of nitrogens with one attached hydrogen (secondary N) is 2. The third-order valence-corrected chi connectivity index (χ3v) is 6.15. The van der Waals surface area contributed by atoms with Crippen LogP contribution < -0.4 is 10.6 Å². The molecule has 2 aromatic carbocycles. The fraction of sp³-hybridized carbons (Fsp3) is 0.227. The summed E-state index contributed by atoms with van der Waals surface area (Å²) in [7, 11) is 0. The molecule has 148 valence electrons. The van der Waals surface area contributed by atoms with Crippen molar-refractivity contribution in [1.29, 1.82) is 5.26 Å². The first-order valence-electron chi connectivity index (χ1n) is 9.07. The molecule has 0 aliphatic carbocycles. The normalized spacial score (nSPS) is 16.2. The number of aryl methyl sites for hydroxylation is 1. The van der Waals surface area contributed by atoms with Crippen LogP contribution in [0.5, 0.6) is 0 Å². The molecule has 0 spiro atoms. The zero-order valence-electron chi connectivity index (χ0n) is 16.1. The number of hydrogen-bond donors (Lipinski definition) is 2. The van der Waals surface area contributed by atoms with Crippen molar-refractivity contribution in [2.24, 2.45) is 0 Å². The molecule has 7 heteroatoms. The van der Waals surface area contributed by atoms with Crippen LogP contribution in [0.4, 0.5) is 5.69 Å². The highest BCUT2D eigenvalue weighted by Gasteiger charge is 2.29. The van der Waals surface area contributed by atoms with E-state index in [2.05, 4.69) is 16.7 Å². The Bertz CT molecular complexity index is 1030. The molecule has 0 saturated carbocycles. The molecule has 1 aliphatic heterocycles. The molecule has 0 unspecified atom stereocenters. The molecule has 2 N–H and O–H groups in total. The van der Waals surface area contributed by atoms with Gasteiger partial charge in [0.05, 0.1) is 22.4 Å². The molecule has 0 bridgehead atoms. The van der Waals surface area contributed by atoms with Crippen LogP contribution in [0.25, 0.3) is 0 Å². The van der Waals surface area contributed by atoms with Gasteiger partial charge in [-0.3, -0.25) is 9.59 Å². The number of anilines is 1. The Morgan fingerprint density at radius 3 is 2.69 bits per heavy atom. The number of benzene rings is 2. The summed E-state index contributed by atoms with van der Waals surface area (Å²) in [6.45, 7) is 3.81. The number of amides is 2. The molecule has 0 saturated heterocycles. The molecule has 29 heavy (non-hydrogen) atoms. The summed E-state index contributed by atoms with van der Waals surface area (Å²) in [5.74, 6) is -0.650. The molecule has 2 aromatic rings. The minimum atomic E-state index is -0.310.